The summed E-state index contributed by atoms with van der Waals surface area (Å²) < 4.78 is 23.2. The maximum atomic E-state index is 12.9. The maximum Gasteiger partial charge on any atom is 0.162 e. The van der Waals surface area contributed by atoms with Gasteiger partial charge in [-0.05, 0) is 48.5 Å². The summed E-state index contributed by atoms with van der Waals surface area (Å²) in [4.78, 5) is 5.43. The molecule has 0 N–H and O–H groups in total. The first kappa shape index (κ1) is 22.0. The Hall–Kier alpha value is -5.01. The molecule has 7 aromatic rings. The van der Waals surface area contributed by atoms with Crippen LogP contribution in [0.25, 0.3) is 44.4 Å². The summed E-state index contributed by atoms with van der Waals surface area (Å²) in [5.41, 5.74) is 4.83. The summed E-state index contributed by atoms with van der Waals surface area (Å²) in [6.07, 6.45) is 3.75. The summed E-state index contributed by atoms with van der Waals surface area (Å²) in [7, 11) is -1.27. The van der Waals surface area contributed by atoms with E-state index in [0.29, 0.717) is 10.8 Å². The summed E-state index contributed by atoms with van der Waals surface area (Å²) >= 11 is 0. The van der Waals surface area contributed by atoms with E-state index in [2.05, 4.69) is 45.0 Å². The zero-order chi connectivity index (χ0) is 25.9. The molecule has 0 fully saturated rings. The lowest BCUT2D eigenvalue weighted by atomic mass is 10.1. The molecule has 8 rings (SSSR count). The van der Waals surface area contributed by atoms with Crippen molar-refractivity contribution >= 4 is 32.6 Å². The topological polar surface area (TPSA) is 61.9 Å². The second-order valence-corrected chi connectivity index (χ2v) is 10.7. The number of rotatable bonds is 4. The van der Waals surface area contributed by atoms with Crippen molar-refractivity contribution in [1.82, 2.24) is 19.3 Å². The van der Waals surface area contributed by atoms with Gasteiger partial charge in [0.05, 0.1) is 21.6 Å². The normalized spacial score (nSPS) is 14.0. The average Bonchev–Trinajstić information content (AvgIpc) is 3.64. The van der Waals surface area contributed by atoms with Crippen molar-refractivity contribution in [2.45, 2.75) is 9.92 Å². The average molecular weight is 525 g/mol. The highest BCUT2D eigenvalue weighted by molar-refractivity contribution is 7.85. The van der Waals surface area contributed by atoms with E-state index in [-0.39, 0.29) is 0 Å². The Labute approximate surface area is 226 Å². The van der Waals surface area contributed by atoms with Crippen LogP contribution in [-0.4, -0.2) is 23.5 Å². The summed E-state index contributed by atoms with van der Waals surface area (Å²) in [5, 5.41) is 7.56. The van der Waals surface area contributed by atoms with Crippen molar-refractivity contribution in [1.29, 1.82) is 0 Å². The van der Waals surface area contributed by atoms with Crippen molar-refractivity contribution in [3.63, 3.8) is 0 Å². The molecule has 6 nitrogen and oxygen atoms in total. The molecule has 0 saturated heterocycles. The van der Waals surface area contributed by atoms with E-state index in [1.807, 2.05) is 85.1 Å². The van der Waals surface area contributed by atoms with Crippen LogP contribution in [0.1, 0.15) is 0 Å². The predicted octanol–water partition coefficient (Wildman–Crippen LogP) is 7.30. The Bertz CT molecular complexity index is 2080. The van der Waals surface area contributed by atoms with E-state index in [4.69, 9.17) is 4.74 Å². The van der Waals surface area contributed by atoms with E-state index < -0.39 is 10.8 Å². The number of aromatic nitrogens is 4. The third kappa shape index (κ3) is 3.44. The van der Waals surface area contributed by atoms with Gasteiger partial charge in [-0.2, -0.15) is 5.10 Å². The Kier molecular flexibility index (Phi) is 4.80. The van der Waals surface area contributed by atoms with Crippen molar-refractivity contribution < 1.29 is 8.95 Å². The molecule has 0 radical (unpaired) electrons. The SMILES string of the molecule is O=S1c2ccccc2-c2cn(-c3cccc(Oc4ccc5c6ccccc6n(-c6ccccn6)c5c4)c3)nc21. The Morgan fingerprint density at radius 2 is 1.51 bits per heavy atom. The number of para-hydroxylation sites is 1. The molecule has 3 aromatic heterocycles. The fourth-order valence-electron chi connectivity index (χ4n) is 5.34. The lowest BCUT2D eigenvalue weighted by Crippen LogP contribution is -1.98. The number of hydrogen-bond acceptors (Lipinski definition) is 4. The minimum absolute atomic E-state index is 0.593. The molecule has 1 unspecified atom stereocenters. The highest BCUT2D eigenvalue weighted by atomic mass is 32.2. The van der Waals surface area contributed by atoms with Crippen LogP contribution in [0.15, 0.2) is 132 Å². The molecule has 186 valence electrons. The standard InChI is InChI=1S/C32H20N4O2S/c37-39-30-13-4-2-11-26(30)27-20-35(34-32(27)39)21-8-7-9-22(18-21)38-23-15-16-25-24-10-1-3-12-28(24)36(29(25)19-23)31-14-5-6-17-33-31/h1-20H. The monoisotopic (exact) mass is 524 g/mol. The van der Waals surface area contributed by atoms with Gasteiger partial charge in [0.15, 0.2) is 5.03 Å². The van der Waals surface area contributed by atoms with Gasteiger partial charge >= 0.3 is 0 Å². The molecule has 1 aliphatic heterocycles. The van der Waals surface area contributed by atoms with Crippen molar-refractivity contribution in [3.8, 4) is 34.1 Å². The highest BCUT2D eigenvalue weighted by Gasteiger charge is 2.29. The third-order valence-corrected chi connectivity index (χ3v) is 8.48. The first-order valence-corrected chi connectivity index (χ1v) is 13.7. The molecule has 0 bridgehead atoms. The molecule has 4 heterocycles. The zero-order valence-electron chi connectivity index (χ0n) is 20.6. The van der Waals surface area contributed by atoms with Crippen LogP contribution in [0.5, 0.6) is 11.5 Å². The van der Waals surface area contributed by atoms with Gasteiger partial charge in [0, 0.05) is 46.4 Å². The molecule has 0 aliphatic carbocycles. The van der Waals surface area contributed by atoms with E-state index >= 15 is 0 Å². The molecule has 0 amide bonds. The number of nitrogens with zero attached hydrogens (tertiary/aromatic N) is 4. The minimum atomic E-state index is -1.27. The first-order chi connectivity index (χ1) is 19.2. The zero-order valence-corrected chi connectivity index (χ0v) is 21.4. The van der Waals surface area contributed by atoms with Gasteiger partial charge in [-0.15, -0.1) is 0 Å². The number of benzene rings is 4. The van der Waals surface area contributed by atoms with E-state index in [1.165, 1.54) is 0 Å². The fourth-order valence-corrected chi connectivity index (χ4v) is 6.65. The van der Waals surface area contributed by atoms with Gasteiger partial charge in [0.25, 0.3) is 0 Å². The molecule has 1 aliphatic rings. The van der Waals surface area contributed by atoms with Crippen LogP contribution in [0.4, 0.5) is 0 Å². The van der Waals surface area contributed by atoms with Crippen LogP contribution in [0, 0.1) is 0 Å². The van der Waals surface area contributed by atoms with Crippen molar-refractivity contribution in [2.75, 3.05) is 0 Å². The summed E-state index contributed by atoms with van der Waals surface area (Å²) in [5.74, 6) is 2.26. The summed E-state index contributed by atoms with van der Waals surface area (Å²) in [6, 6.07) is 35.9. The van der Waals surface area contributed by atoms with Crippen molar-refractivity contribution in [2.24, 2.45) is 0 Å². The Morgan fingerprint density at radius 1 is 0.692 bits per heavy atom. The second-order valence-electron chi connectivity index (χ2n) is 9.38. The van der Waals surface area contributed by atoms with E-state index in [1.54, 1.807) is 10.9 Å². The smallest absolute Gasteiger partial charge is 0.162 e. The maximum absolute atomic E-state index is 12.9. The quantitative estimate of drug-likeness (QED) is 0.242. The van der Waals surface area contributed by atoms with Crippen molar-refractivity contribution in [3.05, 3.63) is 122 Å². The minimum Gasteiger partial charge on any atom is -0.457 e. The van der Waals surface area contributed by atoms with Crippen LogP contribution < -0.4 is 4.74 Å². The largest absolute Gasteiger partial charge is 0.457 e. The Morgan fingerprint density at radius 3 is 2.44 bits per heavy atom. The molecule has 0 spiro atoms. The number of hydrogen-bond donors (Lipinski definition) is 0. The van der Waals surface area contributed by atoms with E-state index in [9.17, 15) is 4.21 Å². The van der Waals surface area contributed by atoms with Crippen LogP contribution in [0.2, 0.25) is 0 Å². The van der Waals surface area contributed by atoms with Gasteiger partial charge in [-0.3, -0.25) is 4.57 Å². The second kappa shape index (κ2) is 8.51. The molecule has 7 heteroatoms. The molecule has 39 heavy (non-hydrogen) atoms. The van der Waals surface area contributed by atoms with Crippen LogP contribution >= 0.6 is 0 Å². The number of pyridine rings is 1. The van der Waals surface area contributed by atoms with E-state index in [0.717, 1.165) is 55.1 Å². The molecule has 1 atom stereocenters. The lowest BCUT2D eigenvalue weighted by molar-refractivity contribution is 0.483. The fraction of sp³-hybridized carbons (Fsp3) is 0. The van der Waals surface area contributed by atoms with Gasteiger partial charge in [-0.1, -0.05) is 48.5 Å². The number of ether oxygens (including phenoxy) is 1. The predicted molar refractivity (Wildman–Crippen MR) is 152 cm³/mol. The van der Waals surface area contributed by atoms with Gasteiger partial charge in [0.1, 0.15) is 28.1 Å². The Balaban J connectivity index is 1.18. The highest BCUT2D eigenvalue weighted by Crippen LogP contribution is 2.40. The number of fused-ring (bicyclic) bond motifs is 6. The van der Waals surface area contributed by atoms with Gasteiger partial charge in [0.2, 0.25) is 0 Å². The first-order valence-electron chi connectivity index (χ1n) is 12.6. The van der Waals surface area contributed by atoms with Crippen LogP contribution in [0.3, 0.4) is 0 Å². The van der Waals surface area contributed by atoms with Gasteiger partial charge in [-0.25, -0.2) is 13.9 Å². The molecular weight excluding hydrogens is 504 g/mol. The third-order valence-electron chi connectivity index (χ3n) is 7.07. The van der Waals surface area contributed by atoms with Gasteiger partial charge < -0.3 is 4.74 Å². The molecule has 0 saturated carbocycles. The lowest BCUT2D eigenvalue weighted by Gasteiger charge is -2.10. The van der Waals surface area contributed by atoms with Crippen LogP contribution in [-0.2, 0) is 10.8 Å². The molecular formula is C32H20N4O2S. The summed E-state index contributed by atoms with van der Waals surface area (Å²) in [6.45, 7) is 0. The molecule has 4 aromatic carbocycles.